The molecule has 0 spiro atoms. The Morgan fingerprint density at radius 1 is 1.33 bits per heavy atom. The molecule has 1 fully saturated rings. The van der Waals surface area contributed by atoms with E-state index in [1.54, 1.807) is 0 Å². The van der Waals surface area contributed by atoms with E-state index in [1.165, 1.54) is 6.42 Å². The van der Waals surface area contributed by atoms with Crippen molar-refractivity contribution in [1.82, 2.24) is 0 Å². The molecule has 0 amide bonds. The SMILES string of the molecule is CCC(CC)C(O)C1CC1(C)C. The lowest BCUT2D eigenvalue weighted by Gasteiger charge is -2.21. The monoisotopic (exact) mass is 170 g/mol. The van der Waals surface area contributed by atoms with Crippen molar-refractivity contribution in [3.63, 3.8) is 0 Å². The van der Waals surface area contributed by atoms with Crippen LogP contribution in [-0.4, -0.2) is 11.2 Å². The molecule has 2 atom stereocenters. The summed E-state index contributed by atoms with van der Waals surface area (Å²) in [6.45, 7) is 8.85. The summed E-state index contributed by atoms with van der Waals surface area (Å²) in [7, 11) is 0. The van der Waals surface area contributed by atoms with Crippen LogP contribution >= 0.6 is 0 Å². The minimum absolute atomic E-state index is 0.0463. The Morgan fingerprint density at radius 3 is 2.00 bits per heavy atom. The molecule has 1 nitrogen and oxygen atoms in total. The standard InChI is InChI=1S/C11H22O/c1-5-8(6-2)10(12)9-7-11(9,3)4/h8-10,12H,5-7H2,1-4H3. The van der Waals surface area contributed by atoms with Gasteiger partial charge in [-0.2, -0.15) is 0 Å². The molecule has 2 unspecified atom stereocenters. The lowest BCUT2D eigenvalue weighted by molar-refractivity contribution is 0.0707. The van der Waals surface area contributed by atoms with Crippen LogP contribution in [0.2, 0.25) is 0 Å². The third-order valence-corrected chi connectivity index (χ3v) is 3.53. The fourth-order valence-corrected chi connectivity index (χ4v) is 2.19. The molecule has 0 heterocycles. The van der Waals surface area contributed by atoms with E-state index in [1.807, 2.05) is 0 Å². The molecule has 1 aliphatic carbocycles. The molecule has 12 heavy (non-hydrogen) atoms. The molecule has 1 aliphatic rings. The first-order valence-corrected chi connectivity index (χ1v) is 5.21. The first kappa shape index (κ1) is 10.0. The Hall–Kier alpha value is -0.0400. The Morgan fingerprint density at radius 2 is 1.75 bits per heavy atom. The van der Waals surface area contributed by atoms with Gasteiger partial charge in [0.15, 0.2) is 0 Å². The average molecular weight is 170 g/mol. The summed E-state index contributed by atoms with van der Waals surface area (Å²) in [5.74, 6) is 1.10. The minimum atomic E-state index is -0.0463. The van der Waals surface area contributed by atoms with Crippen molar-refractivity contribution in [1.29, 1.82) is 0 Å². The van der Waals surface area contributed by atoms with Gasteiger partial charge < -0.3 is 5.11 Å². The summed E-state index contributed by atoms with van der Waals surface area (Å²) in [6.07, 6.45) is 3.40. The average Bonchev–Trinajstić information content (AvgIpc) is 2.62. The summed E-state index contributed by atoms with van der Waals surface area (Å²) < 4.78 is 0. The third kappa shape index (κ3) is 1.82. The van der Waals surface area contributed by atoms with Crippen molar-refractivity contribution in [3.8, 4) is 0 Å². The van der Waals surface area contributed by atoms with Gasteiger partial charge in [0.2, 0.25) is 0 Å². The van der Waals surface area contributed by atoms with E-state index in [4.69, 9.17) is 0 Å². The van der Waals surface area contributed by atoms with Crippen LogP contribution in [-0.2, 0) is 0 Å². The Bertz CT molecular complexity index is 145. The highest BCUT2D eigenvalue weighted by Crippen LogP contribution is 2.55. The van der Waals surface area contributed by atoms with Gasteiger partial charge in [-0.15, -0.1) is 0 Å². The second-order valence-corrected chi connectivity index (χ2v) is 4.87. The Kier molecular flexibility index (Phi) is 2.82. The van der Waals surface area contributed by atoms with Crippen LogP contribution in [0.4, 0.5) is 0 Å². The molecule has 0 aliphatic heterocycles. The molecule has 1 saturated carbocycles. The van der Waals surface area contributed by atoms with Crippen LogP contribution in [0, 0.1) is 17.3 Å². The molecule has 0 aromatic carbocycles. The van der Waals surface area contributed by atoms with Gasteiger partial charge in [0, 0.05) is 0 Å². The maximum absolute atomic E-state index is 9.98. The molecule has 1 N–H and O–H groups in total. The first-order chi connectivity index (χ1) is 5.53. The largest absolute Gasteiger partial charge is 0.393 e. The van der Waals surface area contributed by atoms with Crippen LogP contribution in [0.15, 0.2) is 0 Å². The fraction of sp³-hybridized carbons (Fsp3) is 1.00. The van der Waals surface area contributed by atoms with E-state index in [2.05, 4.69) is 27.7 Å². The number of aliphatic hydroxyl groups is 1. The number of hydrogen-bond donors (Lipinski definition) is 1. The van der Waals surface area contributed by atoms with Crippen LogP contribution < -0.4 is 0 Å². The van der Waals surface area contributed by atoms with Crippen molar-refractivity contribution in [2.24, 2.45) is 17.3 Å². The van der Waals surface area contributed by atoms with Crippen molar-refractivity contribution in [3.05, 3.63) is 0 Å². The molecular formula is C11H22O. The van der Waals surface area contributed by atoms with Crippen molar-refractivity contribution < 1.29 is 5.11 Å². The lowest BCUT2D eigenvalue weighted by Crippen LogP contribution is -2.23. The zero-order valence-electron chi connectivity index (χ0n) is 8.80. The van der Waals surface area contributed by atoms with Crippen LogP contribution in [0.3, 0.4) is 0 Å². The predicted octanol–water partition coefficient (Wildman–Crippen LogP) is 2.83. The molecule has 1 rings (SSSR count). The number of hydrogen-bond acceptors (Lipinski definition) is 1. The van der Waals surface area contributed by atoms with Gasteiger partial charge in [-0.05, 0) is 23.7 Å². The van der Waals surface area contributed by atoms with Gasteiger partial charge in [-0.1, -0.05) is 40.5 Å². The zero-order valence-corrected chi connectivity index (χ0v) is 8.80. The highest BCUT2D eigenvalue weighted by atomic mass is 16.3. The van der Waals surface area contributed by atoms with E-state index in [0.717, 1.165) is 12.8 Å². The quantitative estimate of drug-likeness (QED) is 0.688. The van der Waals surface area contributed by atoms with Crippen LogP contribution in [0.1, 0.15) is 47.0 Å². The second kappa shape index (κ2) is 3.37. The molecule has 0 aromatic heterocycles. The highest BCUT2D eigenvalue weighted by molar-refractivity contribution is 5.00. The summed E-state index contributed by atoms with van der Waals surface area (Å²) in [6, 6.07) is 0. The number of aliphatic hydroxyl groups excluding tert-OH is 1. The lowest BCUT2D eigenvalue weighted by atomic mass is 9.90. The van der Waals surface area contributed by atoms with Gasteiger partial charge in [0.1, 0.15) is 0 Å². The Balaban J connectivity index is 2.43. The highest BCUT2D eigenvalue weighted by Gasteiger charge is 2.50. The summed E-state index contributed by atoms with van der Waals surface area (Å²) in [5, 5.41) is 9.98. The van der Waals surface area contributed by atoms with Gasteiger partial charge in [0.25, 0.3) is 0 Å². The van der Waals surface area contributed by atoms with E-state index < -0.39 is 0 Å². The van der Waals surface area contributed by atoms with E-state index >= 15 is 0 Å². The third-order valence-electron chi connectivity index (χ3n) is 3.53. The molecule has 0 radical (unpaired) electrons. The molecule has 0 saturated heterocycles. The molecule has 72 valence electrons. The smallest absolute Gasteiger partial charge is 0.0601 e. The second-order valence-electron chi connectivity index (χ2n) is 4.87. The van der Waals surface area contributed by atoms with Gasteiger partial charge in [-0.3, -0.25) is 0 Å². The van der Waals surface area contributed by atoms with Gasteiger partial charge >= 0.3 is 0 Å². The number of rotatable bonds is 4. The van der Waals surface area contributed by atoms with Gasteiger partial charge in [0.05, 0.1) is 6.10 Å². The van der Waals surface area contributed by atoms with E-state index in [-0.39, 0.29) is 6.10 Å². The van der Waals surface area contributed by atoms with Crippen molar-refractivity contribution in [2.75, 3.05) is 0 Å². The summed E-state index contributed by atoms with van der Waals surface area (Å²) in [4.78, 5) is 0. The molecule has 1 heteroatoms. The molecular weight excluding hydrogens is 148 g/mol. The summed E-state index contributed by atoms with van der Waals surface area (Å²) in [5.41, 5.74) is 0.419. The first-order valence-electron chi connectivity index (χ1n) is 5.21. The van der Waals surface area contributed by atoms with Crippen molar-refractivity contribution in [2.45, 2.75) is 53.1 Å². The zero-order chi connectivity index (χ0) is 9.35. The van der Waals surface area contributed by atoms with Crippen molar-refractivity contribution >= 4 is 0 Å². The fourth-order valence-electron chi connectivity index (χ4n) is 2.19. The van der Waals surface area contributed by atoms with E-state index in [0.29, 0.717) is 17.3 Å². The van der Waals surface area contributed by atoms with Crippen LogP contribution in [0.5, 0.6) is 0 Å². The van der Waals surface area contributed by atoms with Gasteiger partial charge in [-0.25, -0.2) is 0 Å². The predicted molar refractivity (Wildman–Crippen MR) is 52.0 cm³/mol. The summed E-state index contributed by atoms with van der Waals surface area (Å²) >= 11 is 0. The maximum Gasteiger partial charge on any atom is 0.0601 e. The topological polar surface area (TPSA) is 20.2 Å². The normalized spacial score (nSPS) is 29.0. The van der Waals surface area contributed by atoms with Crippen LogP contribution in [0.25, 0.3) is 0 Å². The maximum atomic E-state index is 9.98. The minimum Gasteiger partial charge on any atom is -0.393 e. The van der Waals surface area contributed by atoms with E-state index in [9.17, 15) is 5.11 Å². The molecule has 0 aromatic rings. The Labute approximate surface area is 76.2 Å². The molecule has 0 bridgehead atoms.